The van der Waals surface area contributed by atoms with Gasteiger partial charge >= 0.3 is 12.4 Å². The Morgan fingerprint density at radius 3 is 2.61 bits per heavy atom. The van der Waals surface area contributed by atoms with Gasteiger partial charge in [-0.3, -0.25) is 0 Å². The number of benzene rings is 3. The lowest BCUT2D eigenvalue weighted by Gasteiger charge is -2.20. The van der Waals surface area contributed by atoms with Crippen molar-refractivity contribution >= 4 is 28.6 Å². The number of aliphatic imine (C=N–C) groups is 1. The second kappa shape index (κ2) is 13.8. The quantitative estimate of drug-likeness (QED) is 0.194. The van der Waals surface area contributed by atoms with Crippen molar-refractivity contribution in [2.24, 2.45) is 4.99 Å². The Labute approximate surface area is 257 Å². The number of urea groups is 1. The van der Waals surface area contributed by atoms with Gasteiger partial charge < -0.3 is 19.7 Å². The fourth-order valence-corrected chi connectivity index (χ4v) is 5.69. The topological polar surface area (TPSA) is 93.9 Å². The van der Waals surface area contributed by atoms with E-state index in [0.717, 1.165) is 59.7 Å². The largest absolute Gasteiger partial charge is 0.573 e. The minimum absolute atomic E-state index is 0.304. The number of nitrogens with zero attached hydrogens (tertiary/aromatic N) is 5. The Bertz CT molecular complexity index is 1620. The number of hydrogen-bond acceptors (Lipinski definition) is 6. The number of amides is 2. The van der Waals surface area contributed by atoms with Crippen LogP contribution < -0.4 is 19.7 Å². The first-order valence-corrected chi connectivity index (χ1v) is 15.0. The molecule has 1 aliphatic rings. The average molecular weight is 625 g/mol. The predicted octanol–water partition coefficient (Wildman–Crippen LogP) is 6.79. The van der Waals surface area contributed by atoms with E-state index in [9.17, 15) is 18.0 Å². The van der Waals surface area contributed by atoms with E-state index in [4.69, 9.17) is 4.74 Å². The van der Waals surface area contributed by atoms with Crippen molar-refractivity contribution in [3.05, 3.63) is 84.2 Å². The van der Waals surface area contributed by atoms with Crippen LogP contribution in [0.15, 0.2) is 78.0 Å². The highest BCUT2D eigenvalue weighted by molar-refractivity contribution is 8.14. The Morgan fingerprint density at radius 1 is 1.07 bits per heavy atom. The smallest absolute Gasteiger partial charge is 0.497 e. The van der Waals surface area contributed by atoms with Gasteiger partial charge in [0.05, 0.1) is 12.8 Å². The third kappa shape index (κ3) is 8.10. The summed E-state index contributed by atoms with van der Waals surface area (Å²) in [5.74, 6) is 1.85. The molecular weight excluding hydrogens is 593 g/mol. The molecule has 0 radical (unpaired) electrons. The lowest BCUT2D eigenvalue weighted by atomic mass is 10.0. The number of thioether (sulfide) groups is 1. The van der Waals surface area contributed by atoms with Gasteiger partial charge in [0, 0.05) is 30.1 Å². The van der Waals surface area contributed by atoms with E-state index in [1.807, 2.05) is 49.4 Å². The predicted molar refractivity (Wildman–Crippen MR) is 165 cm³/mol. The second-order valence-electron chi connectivity index (χ2n) is 9.99. The molecule has 1 N–H and O–H groups in total. The number of ether oxygens (including phenoxy) is 2. The number of halogens is 3. The molecule has 0 bridgehead atoms. The van der Waals surface area contributed by atoms with Gasteiger partial charge in [-0.15, -0.1) is 18.3 Å². The van der Waals surface area contributed by atoms with Crippen LogP contribution in [0, 0.1) is 6.92 Å². The summed E-state index contributed by atoms with van der Waals surface area (Å²) in [7, 11) is 1.64. The maximum atomic E-state index is 12.5. The van der Waals surface area contributed by atoms with Crippen LogP contribution in [-0.4, -0.2) is 58.3 Å². The molecule has 0 aliphatic carbocycles. The van der Waals surface area contributed by atoms with Gasteiger partial charge in [-0.1, -0.05) is 30.0 Å². The zero-order valence-corrected chi connectivity index (χ0v) is 25.0. The molecule has 1 saturated heterocycles. The monoisotopic (exact) mass is 624 g/mol. The van der Waals surface area contributed by atoms with E-state index >= 15 is 0 Å². The molecule has 2 amide bonds. The number of aromatic nitrogens is 3. The van der Waals surface area contributed by atoms with Crippen LogP contribution in [0.5, 0.6) is 11.5 Å². The van der Waals surface area contributed by atoms with Gasteiger partial charge in [-0.2, -0.15) is 4.99 Å². The van der Waals surface area contributed by atoms with Gasteiger partial charge in [0.1, 0.15) is 17.8 Å². The highest BCUT2D eigenvalue weighted by Crippen LogP contribution is 2.31. The first-order chi connectivity index (χ1) is 21.2. The van der Waals surface area contributed by atoms with Gasteiger partial charge in [0.2, 0.25) is 0 Å². The maximum absolute atomic E-state index is 12.5. The molecule has 1 fully saturated rings. The van der Waals surface area contributed by atoms with Crippen molar-refractivity contribution in [1.82, 2.24) is 20.1 Å². The van der Waals surface area contributed by atoms with E-state index in [-0.39, 0.29) is 11.8 Å². The molecule has 0 spiro atoms. The van der Waals surface area contributed by atoms with Gasteiger partial charge in [-0.25, -0.2) is 14.5 Å². The van der Waals surface area contributed by atoms with E-state index in [2.05, 4.69) is 30.0 Å². The number of alkyl halides is 3. The van der Waals surface area contributed by atoms with Gasteiger partial charge in [0.25, 0.3) is 0 Å². The lowest BCUT2D eigenvalue weighted by molar-refractivity contribution is -0.274. The second-order valence-corrected chi connectivity index (χ2v) is 11.1. The minimum Gasteiger partial charge on any atom is -0.497 e. The van der Waals surface area contributed by atoms with Crippen LogP contribution in [0.25, 0.3) is 17.1 Å². The Balaban J connectivity index is 1.10. The van der Waals surface area contributed by atoms with Crippen LogP contribution >= 0.6 is 11.8 Å². The minimum atomic E-state index is -4.75. The normalized spacial score (nSPS) is 14.2. The molecule has 0 atom stereocenters. The SMILES string of the molecule is COc1ccc(N2CCS/C2=N\C(=O)NCCCCc2cccc(-c3ncn(-c4ccc(OC(F)(F)F)cc4)n3)c2)c(C)c1. The maximum Gasteiger partial charge on any atom is 0.573 e. The summed E-state index contributed by atoms with van der Waals surface area (Å²) in [5.41, 5.74) is 4.55. The average Bonchev–Trinajstić information content (AvgIpc) is 3.67. The van der Waals surface area contributed by atoms with Gasteiger partial charge in [0.15, 0.2) is 11.0 Å². The van der Waals surface area contributed by atoms with Crippen LogP contribution in [0.1, 0.15) is 24.0 Å². The molecular formula is C31H31F3N6O3S. The number of hydrogen-bond donors (Lipinski definition) is 1. The van der Waals surface area contributed by atoms with E-state index < -0.39 is 6.36 Å². The van der Waals surface area contributed by atoms with Crippen LogP contribution in [0.4, 0.5) is 23.7 Å². The molecule has 1 aliphatic heterocycles. The third-order valence-electron chi connectivity index (χ3n) is 6.85. The van der Waals surface area contributed by atoms with Crippen LogP contribution in [0.3, 0.4) is 0 Å². The molecule has 13 heteroatoms. The van der Waals surface area contributed by atoms with Crippen LogP contribution in [-0.2, 0) is 6.42 Å². The Kier molecular flexibility index (Phi) is 9.73. The van der Waals surface area contributed by atoms with Crippen LogP contribution in [0.2, 0.25) is 0 Å². The number of anilines is 1. The summed E-state index contributed by atoms with van der Waals surface area (Å²) in [6.45, 7) is 3.31. The summed E-state index contributed by atoms with van der Waals surface area (Å²) >= 11 is 1.56. The molecule has 4 aromatic rings. The molecule has 44 heavy (non-hydrogen) atoms. The fraction of sp³-hybridized carbons (Fsp3) is 0.290. The summed E-state index contributed by atoms with van der Waals surface area (Å²) in [6, 6.07) is 18.8. The number of aryl methyl sites for hydroxylation is 2. The number of amidine groups is 1. The molecule has 2 heterocycles. The number of methoxy groups -OCH3 is 1. The van der Waals surface area contributed by atoms with Crippen molar-refractivity contribution < 1.29 is 27.4 Å². The zero-order valence-electron chi connectivity index (χ0n) is 24.2. The van der Waals surface area contributed by atoms with E-state index in [1.54, 1.807) is 18.9 Å². The molecule has 230 valence electrons. The fourth-order valence-electron chi connectivity index (χ4n) is 4.74. The van der Waals surface area contributed by atoms with Crippen molar-refractivity contribution in [2.75, 3.05) is 30.9 Å². The summed E-state index contributed by atoms with van der Waals surface area (Å²) in [6.07, 6.45) is -0.781. The first-order valence-electron chi connectivity index (χ1n) is 14.0. The molecule has 0 unspecified atom stereocenters. The van der Waals surface area contributed by atoms with Gasteiger partial charge in [-0.05, 0) is 85.8 Å². The third-order valence-corrected chi connectivity index (χ3v) is 7.81. The molecule has 3 aromatic carbocycles. The Morgan fingerprint density at radius 2 is 1.86 bits per heavy atom. The number of carbonyl (C=O) groups excluding carboxylic acids is 1. The standard InChI is InChI=1S/C31H31F3N6O3S/c1-21-18-26(42-2)13-14-27(21)39-16-17-44-30(39)37-29(41)35-15-4-3-6-22-7-5-8-23(19-22)28-36-20-40(38-28)24-9-11-25(12-10-24)43-31(32,33)34/h5,7-14,18-20H,3-4,6,15-17H2,1-2H3,(H,35,41)/b37-30-. The lowest BCUT2D eigenvalue weighted by Crippen LogP contribution is -2.28. The summed E-state index contributed by atoms with van der Waals surface area (Å²) in [5, 5.41) is 8.07. The first kappa shape index (κ1) is 30.9. The molecule has 5 rings (SSSR count). The van der Waals surface area contributed by atoms with Crippen molar-refractivity contribution in [3.63, 3.8) is 0 Å². The highest BCUT2D eigenvalue weighted by atomic mass is 32.2. The summed E-state index contributed by atoms with van der Waals surface area (Å²) in [4.78, 5) is 23.3. The zero-order chi connectivity index (χ0) is 31.1. The molecule has 0 saturated carbocycles. The molecule has 9 nitrogen and oxygen atoms in total. The summed E-state index contributed by atoms with van der Waals surface area (Å²) < 4.78 is 48.0. The Hall–Kier alpha value is -4.52. The number of nitrogens with one attached hydrogen (secondary N) is 1. The number of unbranched alkanes of at least 4 members (excludes halogenated alkanes) is 1. The molecule has 1 aromatic heterocycles. The van der Waals surface area contributed by atoms with E-state index in [0.29, 0.717) is 23.2 Å². The van der Waals surface area contributed by atoms with E-state index in [1.165, 1.54) is 35.3 Å². The van der Waals surface area contributed by atoms with Crippen molar-refractivity contribution in [2.45, 2.75) is 32.5 Å². The number of rotatable bonds is 10. The highest BCUT2D eigenvalue weighted by Gasteiger charge is 2.31. The van der Waals surface area contributed by atoms with Crippen molar-refractivity contribution in [1.29, 1.82) is 0 Å². The number of carbonyl (C=O) groups is 1. The van der Waals surface area contributed by atoms with Crippen molar-refractivity contribution in [3.8, 4) is 28.6 Å².